The molecule has 0 aliphatic heterocycles. The van der Waals surface area contributed by atoms with Gasteiger partial charge in [-0.25, -0.2) is 4.98 Å². The number of aliphatic hydroxyl groups is 1. The summed E-state index contributed by atoms with van der Waals surface area (Å²) in [6.45, 7) is 6.45. The Morgan fingerprint density at radius 2 is 1.82 bits per heavy atom. The van der Waals surface area contributed by atoms with Crippen molar-refractivity contribution in [2.24, 2.45) is 0 Å². The lowest BCUT2D eigenvalue weighted by Crippen LogP contribution is -1.98. The van der Waals surface area contributed by atoms with Gasteiger partial charge >= 0.3 is 0 Å². The molecule has 2 aromatic heterocycles. The van der Waals surface area contributed by atoms with E-state index >= 15 is 0 Å². The van der Waals surface area contributed by atoms with E-state index in [0.29, 0.717) is 5.92 Å². The highest BCUT2D eigenvalue weighted by Gasteiger charge is 2.12. The fourth-order valence-electron chi connectivity index (χ4n) is 2.77. The molecule has 0 radical (unpaired) electrons. The van der Waals surface area contributed by atoms with Crippen LogP contribution in [0.25, 0.3) is 5.65 Å². The zero-order chi connectivity index (χ0) is 15.7. The third-order valence-corrected chi connectivity index (χ3v) is 4.12. The maximum Gasteiger partial charge on any atom is 0.137 e. The molecular formula is C19H22N2O. The zero-order valence-corrected chi connectivity index (χ0v) is 13.4. The van der Waals surface area contributed by atoms with Crippen molar-refractivity contribution < 1.29 is 5.11 Å². The molecule has 3 rings (SSSR count). The highest BCUT2D eigenvalue weighted by molar-refractivity contribution is 5.45. The van der Waals surface area contributed by atoms with Crippen LogP contribution < -0.4 is 0 Å². The van der Waals surface area contributed by atoms with Crippen molar-refractivity contribution in [1.29, 1.82) is 0 Å². The Bertz CT molecular complexity index is 785. The fraction of sp³-hybridized carbons (Fsp3) is 0.316. The summed E-state index contributed by atoms with van der Waals surface area (Å²) < 4.78 is 1.99. The second-order valence-corrected chi connectivity index (χ2v) is 6.17. The Labute approximate surface area is 131 Å². The zero-order valence-electron chi connectivity index (χ0n) is 13.4. The van der Waals surface area contributed by atoms with Crippen LogP contribution in [-0.4, -0.2) is 14.5 Å². The van der Waals surface area contributed by atoms with E-state index in [1.54, 1.807) is 0 Å². The molecule has 0 saturated heterocycles. The van der Waals surface area contributed by atoms with Gasteiger partial charge < -0.3 is 9.51 Å². The van der Waals surface area contributed by atoms with Crippen LogP contribution in [0.4, 0.5) is 0 Å². The van der Waals surface area contributed by atoms with Crippen LogP contribution in [0.2, 0.25) is 0 Å². The van der Waals surface area contributed by atoms with Gasteiger partial charge in [-0.2, -0.15) is 0 Å². The van der Waals surface area contributed by atoms with Crippen molar-refractivity contribution in [1.82, 2.24) is 9.38 Å². The molecule has 3 nitrogen and oxygen atoms in total. The van der Waals surface area contributed by atoms with Crippen LogP contribution >= 0.6 is 0 Å². The summed E-state index contributed by atoms with van der Waals surface area (Å²) in [7, 11) is 0. The highest BCUT2D eigenvalue weighted by atomic mass is 16.3. The van der Waals surface area contributed by atoms with Gasteiger partial charge in [-0.1, -0.05) is 44.2 Å². The first-order valence-corrected chi connectivity index (χ1v) is 7.74. The summed E-state index contributed by atoms with van der Waals surface area (Å²) in [5, 5.41) is 9.73. The molecule has 0 aliphatic carbocycles. The first-order chi connectivity index (χ1) is 10.6. The van der Waals surface area contributed by atoms with Crippen molar-refractivity contribution in [2.45, 2.75) is 39.7 Å². The third-order valence-electron chi connectivity index (χ3n) is 4.12. The number of aryl methyl sites for hydroxylation is 1. The normalized spacial score (nSPS) is 11.5. The highest BCUT2D eigenvalue weighted by Crippen LogP contribution is 2.20. The molecule has 0 bridgehead atoms. The summed E-state index contributed by atoms with van der Waals surface area (Å²) >= 11 is 0. The first-order valence-electron chi connectivity index (χ1n) is 7.74. The Hall–Kier alpha value is -2.13. The average Bonchev–Trinajstić information content (AvgIpc) is 2.84. The lowest BCUT2D eigenvalue weighted by atomic mass is 10.00. The van der Waals surface area contributed by atoms with Crippen LogP contribution in [-0.2, 0) is 13.0 Å². The molecule has 0 spiro atoms. The van der Waals surface area contributed by atoms with E-state index in [4.69, 9.17) is 0 Å². The van der Waals surface area contributed by atoms with Gasteiger partial charge in [-0.15, -0.1) is 0 Å². The Morgan fingerprint density at radius 1 is 1.09 bits per heavy atom. The maximum atomic E-state index is 9.73. The van der Waals surface area contributed by atoms with E-state index in [1.165, 1.54) is 11.1 Å². The van der Waals surface area contributed by atoms with Crippen LogP contribution in [0.3, 0.4) is 0 Å². The minimum absolute atomic E-state index is 0.00400. The fourth-order valence-corrected chi connectivity index (χ4v) is 2.77. The van der Waals surface area contributed by atoms with Gasteiger partial charge in [0.1, 0.15) is 5.65 Å². The monoisotopic (exact) mass is 294 g/mol. The number of hydrogen-bond acceptors (Lipinski definition) is 2. The minimum Gasteiger partial charge on any atom is -0.390 e. The van der Waals surface area contributed by atoms with E-state index in [0.717, 1.165) is 29.0 Å². The maximum absolute atomic E-state index is 9.73. The van der Waals surface area contributed by atoms with E-state index in [2.05, 4.69) is 43.1 Å². The van der Waals surface area contributed by atoms with E-state index in [-0.39, 0.29) is 6.61 Å². The van der Waals surface area contributed by atoms with Gasteiger partial charge in [-0.05, 0) is 35.6 Å². The standard InChI is InChI=1S/C19H22N2O/c1-13(2)16-7-5-15(6-8-16)10-17-18(12-22)21-11-14(3)4-9-19(21)20-17/h4-9,11,13,22H,10,12H2,1-3H3. The summed E-state index contributed by atoms with van der Waals surface area (Å²) in [6.07, 6.45) is 2.77. The van der Waals surface area contributed by atoms with Crippen molar-refractivity contribution in [2.75, 3.05) is 0 Å². The van der Waals surface area contributed by atoms with Crippen LogP contribution in [0.1, 0.15) is 47.8 Å². The molecule has 0 saturated carbocycles. The van der Waals surface area contributed by atoms with Gasteiger partial charge in [0.25, 0.3) is 0 Å². The first kappa shape index (κ1) is 14.8. The average molecular weight is 294 g/mol. The molecule has 1 aromatic carbocycles. The van der Waals surface area contributed by atoms with Crippen LogP contribution in [0.5, 0.6) is 0 Å². The number of benzene rings is 1. The predicted molar refractivity (Wildman–Crippen MR) is 89.2 cm³/mol. The molecule has 1 N–H and O–H groups in total. The molecule has 0 fully saturated rings. The predicted octanol–water partition coefficient (Wildman–Crippen LogP) is 3.85. The minimum atomic E-state index is 0.00400. The Morgan fingerprint density at radius 3 is 2.45 bits per heavy atom. The summed E-state index contributed by atoms with van der Waals surface area (Å²) in [6, 6.07) is 12.7. The van der Waals surface area contributed by atoms with E-state index in [1.807, 2.05) is 29.7 Å². The molecule has 3 aromatic rings. The number of aromatic nitrogens is 2. The topological polar surface area (TPSA) is 37.5 Å². The number of hydrogen-bond donors (Lipinski definition) is 1. The number of rotatable bonds is 4. The number of imidazole rings is 1. The van der Waals surface area contributed by atoms with E-state index < -0.39 is 0 Å². The number of nitrogens with zero attached hydrogens (tertiary/aromatic N) is 2. The molecule has 0 atom stereocenters. The molecule has 22 heavy (non-hydrogen) atoms. The summed E-state index contributed by atoms with van der Waals surface area (Å²) in [5.74, 6) is 0.542. The van der Waals surface area contributed by atoms with Crippen LogP contribution in [0.15, 0.2) is 42.6 Å². The lowest BCUT2D eigenvalue weighted by molar-refractivity contribution is 0.274. The molecule has 0 amide bonds. The molecule has 3 heteroatoms. The van der Waals surface area contributed by atoms with Crippen molar-refractivity contribution in [3.8, 4) is 0 Å². The molecule has 2 heterocycles. The number of aliphatic hydroxyl groups excluding tert-OH is 1. The van der Waals surface area contributed by atoms with Crippen molar-refractivity contribution in [3.05, 3.63) is 70.7 Å². The number of pyridine rings is 1. The van der Waals surface area contributed by atoms with Crippen molar-refractivity contribution in [3.63, 3.8) is 0 Å². The lowest BCUT2D eigenvalue weighted by Gasteiger charge is -2.07. The summed E-state index contributed by atoms with van der Waals surface area (Å²) in [5.41, 5.74) is 6.45. The van der Waals surface area contributed by atoms with Crippen LogP contribution in [0, 0.1) is 6.92 Å². The van der Waals surface area contributed by atoms with Gasteiger partial charge in [0, 0.05) is 12.6 Å². The Balaban J connectivity index is 1.96. The molecule has 0 unspecified atom stereocenters. The SMILES string of the molecule is Cc1ccc2nc(Cc3ccc(C(C)C)cc3)c(CO)n2c1. The second kappa shape index (κ2) is 5.93. The van der Waals surface area contributed by atoms with E-state index in [9.17, 15) is 5.11 Å². The molecule has 0 aliphatic rings. The second-order valence-electron chi connectivity index (χ2n) is 6.17. The van der Waals surface area contributed by atoms with Gasteiger partial charge in [0.2, 0.25) is 0 Å². The van der Waals surface area contributed by atoms with Gasteiger partial charge in [0.05, 0.1) is 18.0 Å². The number of fused-ring (bicyclic) bond motifs is 1. The van der Waals surface area contributed by atoms with Gasteiger partial charge in [-0.3, -0.25) is 0 Å². The van der Waals surface area contributed by atoms with Gasteiger partial charge in [0.15, 0.2) is 0 Å². The smallest absolute Gasteiger partial charge is 0.137 e. The molecular weight excluding hydrogens is 272 g/mol. The third kappa shape index (κ3) is 2.77. The Kier molecular flexibility index (Phi) is 3.99. The summed E-state index contributed by atoms with van der Waals surface area (Å²) in [4.78, 5) is 4.68. The van der Waals surface area contributed by atoms with Crippen molar-refractivity contribution >= 4 is 5.65 Å². The molecule has 114 valence electrons. The quantitative estimate of drug-likeness (QED) is 0.793. The largest absolute Gasteiger partial charge is 0.390 e.